The van der Waals surface area contributed by atoms with E-state index in [1.165, 1.54) is 0 Å². The van der Waals surface area contributed by atoms with Crippen molar-refractivity contribution in [3.63, 3.8) is 0 Å². The van der Waals surface area contributed by atoms with Crippen molar-refractivity contribution in [2.24, 2.45) is 0 Å². The summed E-state index contributed by atoms with van der Waals surface area (Å²) in [5.74, 6) is -0.420. The Balaban J connectivity index is 1.80. The van der Waals surface area contributed by atoms with E-state index in [9.17, 15) is 14.4 Å². The number of hydrogen-bond donors (Lipinski definition) is 1. The van der Waals surface area contributed by atoms with Crippen molar-refractivity contribution in [3.8, 4) is 0 Å². The summed E-state index contributed by atoms with van der Waals surface area (Å²) >= 11 is 0. The Morgan fingerprint density at radius 2 is 1.71 bits per heavy atom. The van der Waals surface area contributed by atoms with Gasteiger partial charge in [0.25, 0.3) is 5.91 Å². The molecule has 1 aliphatic heterocycles. The van der Waals surface area contributed by atoms with Crippen molar-refractivity contribution in [1.29, 1.82) is 0 Å². The van der Waals surface area contributed by atoms with Crippen LogP contribution < -0.4 is 5.32 Å². The van der Waals surface area contributed by atoms with Crippen molar-refractivity contribution in [3.05, 3.63) is 35.9 Å². The molecule has 24 heavy (non-hydrogen) atoms. The van der Waals surface area contributed by atoms with E-state index in [1.807, 2.05) is 6.07 Å². The molecule has 3 amide bonds. The Labute approximate surface area is 141 Å². The van der Waals surface area contributed by atoms with Crippen molar-refractivity contribution in [2.45, 2.75) is 13.3 Å². The second-order valence-corrected chi connectivity index (χ2v) is 5.47. The minimum Gasteiger partial charge on any atom is -0.450 e. The number of carbonyl (C=O) groups excluding carboxylic acids is 3. The molecular formula is C17H23N3O4. The molecule has 0 aliphatic carbocycles. The molecule has 0 saturated carbocycles. The SMILES string of the molecule is CCOC(=O)N1CCCN(C(=O)CNC(=O)c2ccccc2)CC1. The minimum atomic E-state index is -0.343. The number of amides is 3. The van der Waals surface area contributed by atoms with Crippen molar-refractivity contribution >= 4 is 17.9 Å². The predicted molar refractivity (Wildman–Crippen MR) is 88.6 cm³/mol. The van der Waals surface area contributed by atoms with Crippen LogP contribution in [0.4, 0.5) is 4.79 Å². The minimum absolute atomic E-state index is 0.0485. The lowest BCUT2D eigenvalue weighted by Crippen LogP contribution is -2.42. The molecule has 130 valence electrons. The molecule has 1 heterocycles. The Kier molecular flexibility index (Phi) is 6.60. The van der Waals surface area contributed by atoms with Crippen molar-refractivity contribution < 1.29 is 19.1 Å². The molecule has 7 nitrogen and oxygen atoms in total. The number of nitrogens with zero attached hydrogens (tertiary/aromatic N) is 2. The number of benzene rings is 1. The Morgan fingerprint density at radius 3 is 2.42 bits per heavy atom. The third kappa shape index (κ3) is 4.97. The van der Waals surface area contributed by atoms with Crippen molar-refractivity contribution in [1.82, 2.24) is 15.1 Å². The third-order valence-corrected chi connectivity index (χ3v) is 3.81. The smallest absolute Gasteiger partial charge is 0.409 e. The Morgan fingerprint density at radius 1 is 1.04 bits per heavy atom. The molecular weight excluding hydrogens is 310 g/mol. The average Bonchev–Trinajstić information content (AvgIpc) is 2.86. The summed E-state index contributed by atoms with van der Waals surface area (Å²) in [6, 6.07) is 8.77. The summed E-state index contributed by atoms with van der Waals surface area (Å²) in [6.07, 6.45) is 0.348. The zero-order valence-electron chi connectivity index (χ0n) is 13.9. The summed E-state index contributed by atoms with van der Waals surface area (Å²) in [5.41, 5.74) is 0.523. The predicted octanol–water partition coefficient (Wildman–Crippen LogP) is 1.11. The Bertz CT molecular complexity index is 576. The first-order chi connectivity index (χ1) is 11.6. The van der Waals surface area contributed by atoms with Gasteiger partial charge in [-0.3, -0.25) is 9.59 Å². The summed E-state index contributed by atoms with van der Waals surface area (Å²) in [4.78, 5) is 39.3. The van der Waals surface area contributed by atoms with Gasteiger partial charge in [0.2, 0.25) is 5.91 Å². The maximum Gasteiger partial charge on any atom is 0.409 e. The first-order valence-corrected chi connectivity index (χ1v) is 8.14. The largest absolute Gasteiger partial charge is 0.450 e. The monoisotopic (exact) mass is 333 g/mol. The van der Waals surface area contributed by atoms with Crippen LogP contribution in [0.3, 0.4) is 0 Å². The zero-order chi connectivity index (χ0) is 17.4. The lowest BCUT2D eigenvalue weighted by Gasteiger charge is -2.21. The number of carbonyl (C=O) groups is 3. The molecule has 0 radical (unpaired) electrons. The molecule has 1 aliphatic rings. The third-order valence-electron chi connectivity index (χ3n) is 3.81. The van der Waals surface area contributed by atoms with Gasteiger partial charge >= 0.3 is 6.09 Å². The van der Waals surface area contributed by atoms with E-state index in [1.54, 1.807) is 41.0 Å². The maximum absolute atomic E-state index is 12.3. The van der Waals surface area contributed by atoms with E-state index in [-0.39, 0.29) is 24.5 Å². The highest BCUT2D eigenvalue weighted by atomic mass is 16.6. The van der Waals surface area contributed by atoms with Crippen molar-refractivity contribution in [2.75, 3.05) is 39.3 Å². The van der Waals surface area contributed by atoms with E-state index >= 15 is 0 Å². The number of rotatable bonds is 4. The molecule has 1 fully saturated rings. The van der Waals surface area contributed by atoms with Crippen LogP contribution in [0.25, 0.3) is 0 Å². The van der Waals surface area contributed by atoms with Gasteiger partial charge in [-0.1, -0.05) is 18.2 Å². The molecule has 1 saturated heterocycles. The lowest BCUT2D eigenvalue weighted by molar-refractivity contribution is -0.130. The second kappa shape index (κ2) is 8.90. The van der Waals surface area contributed by atoms with Gasteiger partial charge in [0, 0.05) is 31.7 Å². The van der Waals surface area contributed by atoms with Crippen LogP contribution >= 0.6 is 0 Å². The van der Waals surface area contributed by atoms with Crippen LogP contribution in [-0.4, -0.2) is 67.0 Å². The van der Waals surface area contributed by atoms with Crippen LogP contribution in [0, 0.1) is 0 Å². The van der Waals surface area contributed by atoms with Gasteiger partial charge in [-0.05, 0) is 25.5 Å². The normalized spacial score (nSPS) is 14.7. The molecule has 2 rings (SSSR count). The topological polar surface area (TPSA) is 79.0 Å². The van der Waals surface area contributed by atoms with E-state index in [0.717, 1.165) is 0 Å². The van der Waals surface area contributed by atoms with E-state index in [2.05, 4.69) is 5.32 Å². The van der Waals surface area contributed by atoms with E-state index < -0.39 is 0 Å². The fourth-order valence-electron chi connectivity index (χ4n) is 2.52. The maximum atomic E-state index is 12.3. The summed E-state index contributed by atoms with van der Waals surface area (Å²) in [6.45, 7) is 4.07. The van der Waals surface area contributed by atoms with Gasteiger partial charge in [0.05, 0.1) is 13.2 Å². The first kappa shape index (κ1) is 17.8. The number of ether oxygens (including phenoxy) is 1. The molecule has 1 N–H and O–H groups in total. The molecule has 0 bridgehead atoms. The van der Waals surface area contributed by atoms with Gasteiger partial charge in [-0.25, -0.2) is 4.79 Å². The van der Waals surface area contributed by atoms with Gasteiger partial charge < -0.3 is 19.9 Å². The average molecular weight is 333 g/mol. The van der Waals surface area contributed by atoms with Gasteiger partial charge in [-0.15, -0.1) is 0 Å². The van der Waals surface area contributed by atoms with Crippen LogP contribution in [0.5, 0.6) is 0 Å². The summed E-state index contributed by atoms with van der Waals surface area (Å²) < 4.78 is 4.99. The highest BCUT2D eigenvalue weighted by Crippen LogP contribution is 2.05. The molecule has 0 unspecified atom stereocenters. The van der Waals surface area contributed by atoms with Crippen LogP contribution in [-0.2, 0) is 9.53 Å². The Hall–Kier alpha value is -2.57. The second-order valence-electron chi connectivity index (χ2n) is 5.47. The standard InChI is InChI=1S/C17H23N3O4/c1-2-24-17(23)20-10-6-9-19(11-12-20)15(21)13-18-16(22)14-7-4-3-5-8-14/h3-5,7-8H,2,6,9-13H2,1H3,(H,18,22). The fourth-order valence-corrected chi connectivity index (χ4v) is 2.52. The highest BCUT2D eigenvalue weighted by Gasteiger charge is 2.22. The highest BCUT2D eigenvalue weighted by molar-refractivity contribution is 5.96. The zero-order valence-corrected chi connectivity index (χ0v) is 13.9. The quantitative estimate of drug-likeness (QED) is 0.895. The van der Waals surface area contributed by atoms with Crippen LogP contribution in [0.2, 0.25) is 0 Å². The molecule has 1 aromatic rings. The first-order valence-electron chi connectivity index (χ1n) is 8.14. The summed E-state index contributed by atoms with van der Waals surface area (Å²) in [5, 5.41) is 2.64. The molecule has 7 heteroatoms. The van der Waals surface area contributed by atoms with E-state index in [0.29, 0.717) is 44.8 Å². The number of nitrogens with one attached hydrogen (secondary N) is 1. The van der Waals surface area contributed by atoms with Gasteiger partial charge in [0.15, 0.2) is 0 Å². The van der Waals surface area contributed by atoms with Crippen LogP contribution in [0.1, 0.15) is 23.7 Å². The molecule has 0 spiro atoms. The van der Waals surface area contributed by atoms with Crippen LogP contribution in [0.15, 0.2) is 30.3 Å². The molecule has 0 aromatic heterocycles. The van der Waals surface area contributed by atoms with E-state index in [4.69, 9.17) is 4.74 Å². The number of hydrogen-bond acceptors (Lipinski definition) is 4. The molecule has 0 atom stereocenters. The summed E-state index contributed by atoms with van der Waals surface area (Å²) in [7, 11) is 0. The molecule has 1 aromatic carbocycles. The fraction of sp³-hybridized carbons (Fsp3) is 0.471. The van der Waals surface area contributed by atoms with Gasteiger partial charge in [-0.2, -0.15) is 0 Å². The van der Waals surface area contributed by atoms with Gasteiger partial charge in [0.1, 0.15) is 0 Å². The lowest BCUT2D eigenvalue weighted by atomic mass is 10.2.